The molecule has 0 bridgehead atoms. The van der Waals surface area contributed by atoms with Crippen LogP contribution in [0, 0.1) is 24.7 Å². The SMILES string of the molecule is Cc1cccc(C(=O)NC2CN3C(=N)N[C@@H](CN4C(=O)CN(c5ccccc5)C4=O)C4NC(=N)N[C@]43C2(O)O)c1C. The second-order valence-corrected chi connectivity index (χ2v) is 10.8. The summed E-state index contributed by atoms with van der Waals surface area (Å²) in [4.78, 5) is 43.2. The van der Waals surface area contributed by atoms with Gasteiger partial charge in [0.2, 0.25) is 5.79 Å². The predicted octanol–water partition coefficient (Wildman–Crippen LogP) is -1.03. The Morgan fingerprint density at radius 2 is 1.80 bits per heavy atom. The van der Waals surface area contributed by atoms with Gasteiger partial charge in [-0.3, -0.25) is 30.2 Å². The average Bonchev–Trinajstić information content (AvgIpc) is 3.51. The molecule has 6 rings (SSSR count). The summed E-state index contributed by atoms with van der Waals surface area (Å²) < 4.78 is 0. The average molecular weight is 562 g/mol. The van der Waals surface area contributed by atoms with E-state index in [2.05, 4.69) is 21.3 Å². The van der Waals surface area contributed by atoms with Crippen LogP contribution in [0.1, 0.15) is 21.5 Å². The lowest BCUT2D eigenvalue weighted by molar-refractivity contribution is -0.232. The molecule has 0 aromatic heterocycles. The first-order valence-electron chi connectivity index (χ1n) is 13.2. The molecular weight excluding hydrogens is 530 g/mol. The minimum Gasteiger partial charge on any atom is -0.361 e. The van der Waals surface area contributed by atoms with Crippen molar-refractivity contribution < 1.29 is 24.6 Å². The number of carbonyl (C=O) groups is 3. The second kappa shape index (κ2) is 9.17. The molecule has 4 saturated heterocycles. The monoisotopic (exact) mass is 561 g/mol. The number of amides is 4. The first-order valence-corrected chi connectivity index (χ1v) is 13.2. The van der Waals surface area contributed by atoms with Crippen LogP contribution in [0.15, 0.2) is 48.5 Å². The fourth-order valence-electron chi connectivity index (χ4n) is 6.29. The summed E-state index contributed by atoms with van der Waals surface area (Å²) in [6, 6.07) is 10.3. The molecule has 4 heterocycles. The van der Waals surface area contributed by atoms with E-state index in [1.54, 1.807) is 49.4 Å². The number of anilines is 1. The van der Waals surface area contributed by atoms with Gasteiger partial charge in [0.1, 0.15) is 12.6 Å². The maximum atomic E-state index is 13.3. The lowest BCUT2D eigenvalue weighted by Gasteiger charge is -2.51. The molecule has 2 aromatic rings. The summed E-state index contributed by atoms with van der Waals surface area (Å²) in [7, 11) is 0. The van der Waals surface area contributed by atoms with Crippen molar-refractivity contribution in [2.45, 2.75) is 43.4 Å². The highest BCUT2D eigenvalue weighted by Gasteiger charge is 2.74. The van der Waals surface area contributed by atoms with E-state index in [-0.39, 0.29) is 31.6 Å². The lowest BCUT2D eigenvalue weighted by atomic mass is 9.84. The van der Waals surface area contributed by atoms with Gasteiger partial charge in [-0.25, -0.2) is 4.79 Å². The van der Waals surface area contributed by atoms with Crippen molar-refractivity contribution in [1.29, 1.82) is 10.8 Å². The molecule has 1 spiro atoms. The molecule has 4 aliphatic rings. The molecule has 0 aliphatic carbocycles. The van der Waals surface area contributed by atoms with Gasteiger partial charge in [-0.1, -0.05) is 30.3 Å². The number of imide groups is 1. The summed E-state index contributed by atoms with van der Waals surface area (Å²) in [5.41, 5.74) is 0.734. The van der Waals surface area contributed by atoms with Gasteiger partial charge in [0, 0.05) is 17.8 Å². The molecule has 4 atom stereocenters. The fraction of sp³-hybridized carbons (Fsp3) is 0.370. The van der Waals surface area contributed by atoms with Gasteiger partial charge in [0.25, 0.3) is 11.8 Å². The number of hydrogen-bond donors (Lipinski definition) is 8. The minimum atomic E-state index is -2.68. The number of benzene rings is 2. The highest BCUT2D eigenvalue weighted by Crippen LogP contribution is 2.43. The van der Waals surface area contributed by atoms with E-state index in [0.717, 1.165) is 16.0 Å². The molecule has 2 unspecified atom stereocenters. The third-order valence-corrected chi connectivity index (χ3v) is 8.56. The Labute approximate surface area is 235 Å². The number of guanidine groups is 2. The van der Waals surface area contributed by atoms with E-state index in [1.807, 2.05) is 13.0 Å². The van der Waals surface area contributed by atoms with Crippen LogP contribution >= 0.6 is 0 Å². The zero-order valence-electron chi connectivity index (χ0n) is 22.4. The molecule has 4 amide bonds. The largest absolute Gasteiger partial charge is 0.361 e. The summed E-state index contributed by atoms with van der Waals surface area (Å²) >= 11 is 0. The van der Waals surface area contributed by atoms with Crippen molar-refractivity contribution in [1.82, 2.24) is 31.1 Å². The molecule has 4 aliphatic heterocycles. The normalized spacial score (nSPS) is 28.2. The van der Waals surface area contributed by atoms with Crippen molar-refractivity contribution in [3.63, 3.8) is 0 Å². The smallest absolute Gasteiger partial charge is 0.331 e. The molecule has 0 saturated carbocycles. The third-order valence-electron chi connectivity index (χ3n) is 8.56. The Morgan fingerprint density at radius 3 is 2.54 bits per heavy atom. The number of nitrogens with zero attached hydrogens (tertiary/aromatic N) is 3. The van der Waals surface area contributed by atoms with Crippen LogP contribution in [0.5, 0.6) is 0 Å². The van der Waals surface area contributed by atoms with E-state index in [1.165, 1.54) is 9.80 Å². The van der Waals surface area contributed by atoms with Crippen LogP contribution in [0.3, 0.4) is 0 Å². The van der Waals surface area contributed by atoms with E-state index >= 15 is 0 Å². The molecule has 4 fully saturated rings. The minimum absolute atomic E-state index is 0.160. The van der Waals surface area contributed by atoms with Crippen molar-refractivity contribution in [3.8, 4) is 0 Å². The van der Waals surface area contributed by atoms with E-state index in [9.17, 15) is 24.6 Å². The molecular formula is C27H31N9O5. The first kappa shape index (κ1) is 26.5. The van der Waals surface area contributed by atoms with E-state index in [4.69, 9.17) is 10.8 Å². The topological polar surface area (TPSA) is 197 Å². The molecule has 0 radical (unpaired) electrons. The summed E-state index contributed by atoms with van der Waals surface area (Å²) in [6.45, 7) is 3.14. The molecule has 41 heavy (non-hydrogen) atoms. The van der Waals surface area contributed by atoms with Gasteiger partial charge in [0.15, 0.2) is 17.6 Å². The van der Waals surface area contributed by atoms with Gasteiger partial charge in [0.05, 0.1) is 18.6 Å². The highest BCUT2D eigenvalue weighted by atomic mass is 16.5. The van der Waals surface area contributed by atoms with Gasteiger partial charge >= 0.3 is 6.03 Å². The Morgan fingerprint density at radius 1 is 1.07 bits per heavy atom. The summed E-state index contributed by atoms with van der Waals surface area (Å²) in [5, 5.41) is 51.7. The number of para-hydroxylation sites is 1. The molecule has 8 N–H and O–H groups in total. The number of carbonyl (C=O) groups excluding carboxylic acids is 3. The van der Waals surface area contributed by atoms with Crippen molar-refractivity contribution >= 4 is 35.5 Å². The van der Waals surface area contributed by atoms with Gasteiger partial charge < -0.3 is 36.4 Å². The number of aryl methyl sites for hydroxylation is 1. The van der Waals surface area contributed by atoms with Crippen LogP contribution < -0.4 is 26.2 Å². The molecule has 214 valence electrons. The zero-order chi connectivity index (χ0) is 29.3. The van der Waals surface area contributed by atoms with Crippen molar-refractivity contribution in [2.75, 3.05) is 24.5 Å². The Balaban J connectivity index is 1.28. The van der Waals surface area contributed by atoms with Gasteiger partial charge in [-0.05, 0) is 43.2 Å². The quantitative estimate of drug-likeness (QED) is 0.166. The van der Waals surface area contributed by atoms with E-state index in [0.29, 0.717) is 11.3 Å². The van der Waals surface area contributed by atoms with Crippen LogP contribution in [-0.4, -0.2) is 99.0 Å². The Kier molecular flexibility index (Phi) is 5.94. The van der Waals surface area contributed by atoms with Crippen molar-refractivity contribution in [2.24, 2.45) is 0 Å². The maximum absolute atomic E-state index is 13.3. The number of urea groups is 1. The Hall–Kier alpha value is -4.69. The molecule has 14 nitrogen and oxygen atoms in total. The van der Waals surface area contributed by atoms with Crippen LogP contribution in [0.2, 0.25) is 0 Å². The van der Waals surface area contributed by atoms with Crippen LogP contribution in [0.25, 0.3) is 0 Å². The zero-order valence-corrected chi connectivity index (χ0v) is 22.4. The first-order chi connectivity index (χ1) is 19.5. The Bertz CT molecular complexity index is 1480. The van der Waals surface area contributed by atoms with Gasteiger partial charge in [-0.2, -0.15) is 0 Å². The van der Waals surface area contributed by atoms with Crippen LogP contribution in [-0.2, 0) is 4.79 Å². The van der Waals surface area contributed by atoms with E-state index < -0.39 is 47.4 Å². The van der Waals surface area contributed by atoms with Gasteiger partial charge in [-0.15, -0.1) is 0 Å². The second-order valence-electron chi connectivity index (χ2n) is 10.8. The number of hydrogen-bond acceptors (Lipinski definition) is 7. The standard InChI is InChI=1S/C27H31N9O5/c1-14-7-6-10-17(15(14)2)22(38)31-19-12-36-24(29)30-18(21-26(36,27(19,40)41)33-23(28)32-21)11-35-20(37)13-34(25(35)39)16-8-4-3-5-9-16/h3-10,18-19,21,40-41H,11-13H2,1-2H3,(H2,29,30)(H,31,38)(H3,28,32,33)/t18-,19?,21?,26+/m0/s1. The summed E-state index contributed by atoms with van der Waals surface area (Å²) in [6.07, 6.45) is 0. The predicted molar refractivity (Wildman–Crippen MR) is 147 cm³/mol. The van der Waals surface area contributed by atoms with Crippen molar-refractivity contribution in [3.05, 3.63) is 65.2 Å². The van der Waals surface area contributed by atoms with Crippen LogP contribution in [0.4, 0.5) is 10.5 Å². The number of aliphatic hydroxyl groups is 2. The maximum Gasteiger partial charge on any atom is 0.331 e. The molecule has 14 heteroatoms. The highest BCUT2D eigenvalue weighted by molar-refractivity contribution is 6.12. The number of rotatable bonds is 5. The molecule has 2 aromatic carbocycles. The third kappa shape index (κ3) is 3.82. The number of nitrogens with one attached hydrogen (secondary N) is 6. The summed E-state index contributed by atoms with van der Waals surface area (Å²) in [5.74, 6) is -4.09. The lowest BCUT2D eigenvalue weighted by Crippen LogP contribution is -2.81. The fourth-order valence-corrected chi connectivity index (χ4v) is 6.29.